The summed E-state index contributed by atoms with van der Waals surface area (Å²) in [6.45, 7) is 0. The summed E-state index contributed by atoms with van der Waals surface area (Å²) in [5.74, 6) is -0.279. The zero-order valence-corrected chi connectivity index (χ0v) is 14.6. The van der Waals surface area contributed by atoms with Crippen molar-refractivity contribution in [3.63, 3.8) is 0 Å². The fourth-order valence-corrected chi connectivity index (χ4v) is 3.51. The number of carbonyl (C=O) groups excluding carboxylic acids is 2. The molecule has 4 heteroatoms. The Balaban J connectivity index is 1.70. The van der Waals surface area contributed by atoms with E-state index in [0.717, 1.165) is 5.56 Å². The van der Waals surface area contributed by atoms with E-state index >= 15 is 0 Å². The third kappa shape index (κ3) is 2.91. The molecule has 2 atom stereocenters. The van der Waals surface area contributed by atoms with Gasteiger partial charge in [-0.25, -0.2) is 0 Å². The standard InChI is InChI=1S/C22H16ClNO2/c23-18-14-8-7-13-17(18)22(26)24-19(15-9-3-1-4-10-15)20(24)21(25)16-11-5-2-6-12-16/h1-14,19-20H/t19-,20+,24?/m1/s1. The van der Waals surface area contributed by atoms with E-state index in [4.69, 9.17) is 11.6 Å². The highest BCUT2D eigenvalue weighted by Crippen LogP contribution is 2.46. The number of hydrogen-bond acceptors (Lipinski definition) is 2. The summed E-state index contributed by atoms with van der Waals surface area (Å²) in [5, 5.41) is 0.391. The SMILES string of the molecule is O=C(c1ccccc1)[C@@H]1[C@@H](c2ccccc2)N1C(=O)c1ccccc1Cl. The van der Waals surface area contributed by atoms with Gasteiger partial charge in [0.2, 0.25) is 0 Å². The summed E-state index contributed by atoms with van der Waals surface area (Å²) < 4.78 is 0. The van der Waals surface area contributed by atoms with Crippen molar-refractivity contribution in [1.29, 1.82) is 0 Å². The van der Waals surface area contributed by atoms with Crippen LogP contribution in [0.4, 0.5) is 0 Å². The predicted molar refractivity (Wildman–Crippen MR) is 101 cm³/mol. The molecule has 0 radical (unpaired) electrons. The molecule has 1 saturated heterocycles. The van der Waals surface area contributed by atoms with Crippen molar-refractivity contribution < 1.29 is 9.59 Å². The number of carbonyl (C=O) groups is 2. The van der Waals surface area contributed by atoms with E-state index < -0.39 is 6.04 Å². The lowest BCUT2D eigenvalue weighted by molar-refractivity contribution is 0.0833. The van der Waals surface area contributed by atoms with E-state index in [1.165, 1.54) is 0 Å². The van der Waals surface area contributed by atoms with Gasteiger partial charge >= 0.3 is 0 Å². The highest BCUT2D eigenvalue weighted by atomic mass is 35.5. The van der Waals surface area contributed by atoms with Gasteiger partial charge in [-0.3, -0.25) is 9.59 Å². The number of nitrogens with zero attached hydrogens (tertiary/aromatic N) is 1. The lowest BCUT2D eigenvalue weighted by Gasteiger charge is -2.07. The van der Waals surface area contributed by atoms with E-state index in [1.807, 2.05) is 48.5 Å². The normalized spacial score (nSPS) is 18.4. The van der Waals surface area contributed by atoms with E-state index in [-0.39, 0.29) is 17.7 Å². The number of ketones is 1. The number of hydrogen-bond donors (Lipinski definition) is 0. The van der Waals surface area contributed by atoms with E-state index in [1.54, 1.807) is 41.3 Å². The van der Waals surface area contributed by atoms with Crippen LogP contribution in [0.3, 0.4) is 0 Å². The van der Waals surface area contributed by atoms with Gasteiger partial charge in [0.1, 0.15) is 6.04 Å². The Bertz CT molecular complexity index is 956. The molecule has 0 bridgehead atoms. The van der Waals surface area contributed by atoms with Crippen LogP contribution in [0.1, 0.15) is 32.3 Å². The van der Waals surface area contributed by atoms with Crippen molar-refractivity contribution in [2.24, 2.45) is 0 Å². The maximum Gasteiger partial charge on any atom is 0.256 e. The molecule has 0 saturated carbocycles. The molecule has 1 fully saturated rings. The van der Waals surface area contributed by atoms with E-state index in [0.29, 0.717) is 16.1 Å². The third-order valence-electron chi connectivity index (χ3n) is 4.62. The van der Waals surface area contributed by atoms with Crippen molar-refractivity contribution in [3.8, 4) is 0 Å². The first-order chi connectivity index (χ1) is 12.7. The fraction of sp³-hybridized carbons (Fsp3) is 0.0909. The van der Waals surface area contributed by atoms with Crippen molar-refractivity contribution >= 4 is 23.3 Å². The summed E-state index contributed by atoms with van der Waals surface area (Å²) >= 11 is 6.20. The van der Waals surface area contributed by atoms with Crippen molar-refractivity contribution in [3.05, 3.63) is 107 Å². The molecule has 0 aliphatic carbocycles. The van der Waals surface area contributed by atoms with Gasteiger partial charge in [0, 0.05) is 5.56 Å². The molecule has 128 valence electrons. The monoisotopic (exact) mass is 361 g/mol. The molecule has 1 amide bonds. The summed E-state index contributed by atoms with van der Waals surface area (Å²) in [6.07, 6.45) is 0. The first kappa shape index (κ1) is 16.6. The molecule has 0 spiro atoms. The minimum absolute atomic E-state index is 0.0557. The number of rotatable bonds is 4. The zero-order chi connectivity index (χ0) is 18.1. The highest BCUT2D eigenvalue weighted by molar-refractivity contribution is 6.34. The van der Waals surface area contributed by atoms with E-state index in [2.05, 4.69) is 0 Å². The van der Waals surface area contributed by atoms with Gasteiger partial charge < -0.3 is 4.90 Å². The second-order valence-corrected chi connectivity index (χ2v) is 6.63. The Kier molecular flexibility index (Phi) is 4.31. The second-order valence-electron chi connectivity index (χ2n) is 6.22. The Labute approximate surface area is 156 Å². The van der Waals surface area contributed by atoms with Crippen LogP contribution >= 0.6 is 11.6 Å². The molecule has 1 aliphatic heterocycles. The van der Waals surface area contributed by atoms with Gasteiger partial charge in [0.25, 0.3) is 5.91 Å². The summed E-state index contributed by atoms with van der Waals surface area (Å²) in [4.78, 5) is 27.7. The molecular weight excluding hydrogens is 346 g/mol. The molecular formula is C22H16ClNO2. The highest BCUT2D eigenvalue weighted by Gasteiger charge is 2.56. The molecule has 1 heterocycles. The fourth-order valence-electron chi connectivity index (χ4n) is 3.29. The minimum Gasteiger partial charge on any atom is -0.316 e. The van der Waals surface area contributed by atoms with Crippen LogP contribution in [0, 0.1) is 0 Å². The van der Waals surface area contributed by atoms with Gasteiger partial charge in [-0.2, -0.15) is 0 Å². The van der Waals surface area contributed by atoms with Crippen LogP contribution < -0.4 is 0 Å². The molecule has 3 aromatic rings. The Hall–Kier alpha value is -2.91. The number of Topliss-reactive ketones (excluding diaryl/α,β-unsaturated/α-hetero) is 1. The second kappa shape index (κ2) is 6.77. The molecule has 1 aliphatic rings. The van der Waals surface area contributed by atoms with Crippen LogP contribution in [0.15, 0.2) is 84.9 Å². The lowest BCUT2D eigenvalue weighted by atomic mass is 10.0. The molecule has 3 nitrogen and oxygen atoms in total. The van der Waals surface area contributed by atoms with Gasteiger partial charge in [0.15, 0.2) is 5.78 Å². The number of benzene rings is 3. The lowest BCUT2D eigenvalue weighted by Crippen LogP contribution is -2.19. The zero-order valence-electron chi connectivity index (χ0n) is 13.9. The molecule has 0 unspecified atom stereocenters. The van der Waals surface area contributed by atoms with Gasteiger partial charge in [-0.05, 0) is 17.7 Å². The summed E-state index contributed by atoms with van der Waals surface area (Å²) in [7, 11) is 0. The van der Waals surface area contributed by atoms with E-state index in [9.17, 15) is 9.59 Å². The minimum atomic E-state index is -0.511. The van der Waals surface area contributed by atoms with Gasteiger partial charge in [-0.15, -0.1) is 0 Å². The summed E-state index contributed by atoms with van der Waals surface area (Å²) in [5.41, 5.74) is 1.97. The molecule has 0 N–H and O–H groups in total. The predicted octanol–water partition coefficient (Wildman–Crippen LogP) is 4.79. The van der Waals surface area contributed by atoms with Crippen molar-refractivity contribution in [2.75, 3.05) is 0 Å². The van der Waals surface area contributed by atoms with Crippen LogP contribution in [0.5, 0.6) is 0 Å². The maximum absolute atomic E-state index is 13.0. The topological polar surface area (TPSA) is 37.1 Å². The molecule has 0 aromatic heterocycles. The van der Waals surface area contributed by atoms with Crippen molar-refractivity contribution in [1.82, 2.24) is 4.90 Å². The third-order valence-corrected chi connectivity index (χ3v) is 4.95. The Morgan fingerprint density at radius 1 is 0.769 bits per heavy atom. The van der Waals surface area contributed by atoms with Gasteiger partial charge in [-0.1, -0.05) is 84.4 Å². The first-order valence-electron chi connectivity index (χ1n) is 8.40. The average molecular weight is 362 g/mol. The van der Waals surface area contributed by atoms with Crippen LogP contribution in [-0.2, 0) is 0 Å². The first-order valence-corrected chi connectivity index (χ1v) is 8.77. The van der Waals surface area contributed by atoms with Crippen LogP contribution in [0.25, 0.3) is 0 Å². The molecule has 26 heavy (non-hydrogen) atoms. The molecule has 4 rings (SSSR count). The molecule has 3 aromatic carbocycles. The van der Waals surface area contributed by atoms with Crippen LogP contribution in [-0.4, -0.2) is 22.6 Å². The quantitative estimate of drug-likeness (QED) is 0.495. The smallest absolute Gasteiger partial charge is 0.256 e. The Morgan fingerprint density at radius 2 is 1.35 bits per heavy atom. The summed E-state index contributed by atoms with van der Waals surface area (Å²) in [6, 6.07) is 24.8. The van der Waals surface area contributed by atoms with Crippen LogP contribution in [0.2, 0.25) is 5.02 Å². The Morgan fingerprint density at radius 3 is 2.00 bits per heavy atom. The van der Waals surface area contributed by atoms with Crippen molar-refractivity contribution in [2.45, 2.75) is 12.1 Å². The maximum atomic E-state index is 13.0. The average Bonchev–Trinajstić information content (AvgIpc) is 3.44. The van der Waals surface area contributed by atoms with Gasteiger partial charge in [0.05, 0.1) is 16.6 Å². The number of halogens is 1. The largest absolute Gasteiger partial charge is 0.316 e. The number of amides is 1.